The minimum absolute atomic E-state index is 0. The number of carbonyl (C=O) groups is 1. The molecule has 23 heavy (non-hydrogen) atoms. The van der Waals surface area contributed by atoms with Crippen LogP contribution in [0.5, 0.6) is 0 Å². The summed E-state index contributed by atoms with van der Waals surface area (Å²) >= 11 is 0. The summed E-state index contributed by atoms with van der Waals surface area (Å²) in [4.78, 5) is 17.5. The molecular weight excluding hydrogens is 354 g/mol. The highest BCUT2D eigenvalue weighted by Gasteiger charge is 2.31. The van der Waals surface area contributed by atoms with Gasteiger partial charge in [-0.15, -0.1) is 24.8 Å². The van der Waals surface area contributed by atoms with Gasteiger partial charge in [0.15, 0.2) is 0 Å². The van der Waals surface area contributed by atoms with E-state index < -0.39 is 11.7 Å². The Balaban J connectivity index is 0.00000242. The molecule has 1 aromatic heterocycles. The van der Waals surface area contributed by atoms with Crippen molar-refractivity contribution in [1.82, 2.24) is 15.2 Å². The highest BCUT2D eigenvalue weighted by Crippen LogP contribution is 2.28. The molecule has 1 aliphatic heterocycles. The molecule has 0 spiro atoms. The van der Waals surface area contributed by atoms with Crippen LogP contribution in [-0.4, -0.2) is 42.0 Å². The quantitative estimate of drug-likeness (QED) is 0.865. The average Bonchev–Trinajstić information content (AvgIpc) is 2.74. The molecule has 2 heterocycles. The second-order valence-corrected chi connectivity index (χ2v) is 5.18. The first-order valence-corrected chi connectivity index (χ1v) is 6.90. The number of alkyl halides is 3. The third-order valence-electron chi connectivity index (χ3n) is 3.72. The summed E-state index contributed by atoms with van der Waals surface area (Å²) < 4.78 is 37.4. The molecular formula is C14H20Cl2F3N3O. The molecule has 9 heteroatoms. The van der Waals surface area contributed by atoms with Crippen LogP contribution in [0.1, 0.15) is 35.3 Å². The number of carbonyl (C=O) groups excluding carboxylic acids is 1. The normalized spacial score (nSPS) is 18.2. The SMILES string of the molecule is CN(C(=O)c1ccc(C(F)(F)F)cn1)C1CCCNCC1.Cl.Cl. The zero-order chi connectivity index (χ0) is 15.5. The summed E-state index contributed by atoms with van der Waals surface area (Å²) in [6.07, 6.45) is -1.04. The third kappa shape index (κ3) is 5.82. The number of pyridine rings is 1. The van der Waals surface area contributed by atoms with Gasteiger partial charge in [-0.25, -0.2) is 0 Å². The molecule has 2 rings (SSSR count). The highest BCUT2D eigenvalue weighted by atomic mass is 35.5. The van der Waals surface area contributed by atoms with Gasteiger partial charge in [0, 0.05) is 19.3 Å². The molecule has 1 saturated heterocycles. The topological polar surface area (TPSA) is 45.2 Å². The number of hydrogen-bond donors (Lipinski definition) is 1. The van der Waals surface area contributed by atoms with E-state index in [1.807, 2.05) is 0 Å². The maximum Gasteiger partial charge on any atom is 0.417 e. The Morgan fingerprint density at radius 3 is 2.52 bits per heavy atom. The van der Waals surface area contributed by atoms with Gasteiger partial charge in [0.1, 0.15) is 5.69 Å². The Labute approximate surface area is 145 Å². The van der Waals surface area contributed by atoms with Gasteiger partial charge in [-0.2, -0.15) is 13.2 Å². The van der Waals surface area contributed by atoms with Gasteiger partial charge < -0.3 is 10.2 Å². The Hall–Kier alpha value is -1.05. The van der Waals surface area contributed by atoms with E-state index in [2.05, 4.69) is 10.3 Å². The standard InChI is InChI=1S/C14H18F3N3O.2ClH/c1-20(11-3-2-7-18-8-6-11)13(21)12-5-4-10(9-19-12)14(15,16)17;;/h4-5,9,11,18H,2-3,6-8H2,1H3;2*1H. The lowest BCUT2D eigenvalue weighted by Crippen LogP contribution is -2.38. The Morgan fingerprint density at radius 2 is 1.96 bits per heavy atom. The lowest BCUT2D eigenvalue weighted by atomic mass is 10.1. The Kier molecular flexibility index (Phi) is 8.87. The van der Waals surface area contributed by atoms with Crippen molar-refractivity contribution in [2.45, 2.75) is 31.5 Å². The lowest BCUT2D eigenvalue weighted by Gasteiger charge is -2.26. The van der Waals surface area contributed by atoms with Crippen molar-refractivity contribution >= 4 is 30.7 Å². The number of hydrogen-bond acceptors (Lipinski definition) is 3. The van der Waals surface area contributed by atoms with Crippen molar-refractivity contribution in [3.63, 3.8) is 0 Å². The summed E-state index contributed by atoms with van der Waals surface area (Å²) in [5, 5.41) is 3.26. The Bertz CT molecular complexity index is 489. The molecule has 0 saturated carbocycles. The van der Waals surface area contributed by atoms with E-state index in [4.69, 9.17) is 0 Å². The van der Waals surface area contributed by atoms with Crippen LogP contribution in [-0.2, 0) is 6.18 Å². The first-order valence-electron chi connectivity index (χ1n) is 6.90. The molecule has 132 valence electrons. The van der Waals surface area contributed by atoms with Crippen LogP contribution in [0.25, 0.3) is 0 Å². The third-order valence-corrected chi connectivity index (χ3v) is 3.72. The molecule has 1 unspecified atom stereocenters. The van der Waals surface area contributed by atoms with Crippen LogP contribution < -0.4 is 5.32 Å². The van der Waals surface area contributed by atoms with Crippen molar-refractivity contribution in [2.24, 2.45) is 0 Å². The fourth-order valence-electron chi connectivity index (χ4n) is 2.42. The van der Waals surface area contributed by atoms with E-state index in [1.165, 1.54) is 0 Å². The number of nitrogens with zero attached hydrogens (tertiary/aromatic N) is 2. The predicted octanol–water partition coefficient (Wildman–Crippen LogP) is 3.16. The molecule has 0 aliphatic carbocycles. The van der Waals surface area contributed by atoms with E-state index >= 15 is 0 Å². The van der Waals surface area contributed by atoms with Crippen molar-refractivity contribution in [2.75, 3.05) is 20.1 Å². The maximum absolute atomic E-state index is 12.5. The van der Waals surface area contributed by atoms with E-state index in [0.29, 0.717) is 6.20 Å². The van der Waals surface area contributed by atoms with Gasteiger partial charge in [-0.1, -0.05) is 0 Å². The van der Waals surface area contributed by atoms with Gasteiger partial charge in [0.25, 0.3) is 5.91 Å². The average molecular weight is 374 g/mol. The number of rotatable bonds is 2. The number of nitrogens with one attached hydrogen (secondary N) is 1. The smallest absolute Gasteiger partial charge is 0.337 e. The summed E-state index contributed by atoms with van der Waals surface area (Å²) in [6, 6.07) is 2.12. The van der Waals surface area contributed by atoms with E-state index in [9.17, 15) is 18.0 Å². The monoisotopic (exact) mass is 373 g/mol. The molecule has 1 N–H and O–H groups in total. The second-order valence-electron chi connectivity index (χ2n) is 5.18. The van der Waals surface area contributed by atoms with Gasteiger partial charge in [-0.05, 0) is 44.5 Å². The summed E-state index contributed by atoms with van der Waals surface area (Å²) in [7, 11) is 1.68. The summed E-state index contributed by atoms with van der Waals surface area (Å²) in [5.41, 5.74) is -0.803. The number of aromatic nitrogens is 1. The first kappa shape index (κ1) is 21.9. The van der Waals surface area contributed by atoms with E-state index in [1.54, 1.807) is 11.9 Å². The Morgan fingerprint density at radius 1 is 1.26 bits per heavy atom. The zero-order valence-electron chi connectivity index (χ0n) is 12.6. The largest absolute Gasteiger partial charge is 0.417 e. The zero-order valence-corrected chi connectivity index (χ0v) is 14.2. The molecule has 1 aromatic rings. The van der Waals surface area contributed by atoms with Gasteiger partial charge in [-0.3, -0.25) is 9.78 Å². The fraction of sp³-hybridized carbons (Fsp3) is 0.571. The van der Waals surface area contributed by atoms with Crippen molar-refractivity contribution in [3.8, 4) is 0 Å². The fourth-order valence-corrected chi connectivity index (χ4v) is 2.42. The van der Waals surface area contributed by atoms with Gasteiger partial charge in [0.2, 0.25) is 0 Å². The van der Waals surface area contributed by atoms with Crippen LogP contribution >= 0.6 is 24.8 Å². The van der Waals surface area contributed by atoms with Crippen molar-refractivity contribution in [1.29, 1.82) is 0 Å². The molecule has 4 nitrogen and oxygen atoms in total. The molecule has 0 radical (unpaired) electrons. The van der Waals surface area contributed by atoms with Crippen LogP contribution in [0.4, 0.5) is 13.2 Å². The summed E-state index contributed by atoms with van der Waals surface area (Å²) in [5.74, 6) is -0.337. The van der Waals surface area contributed by atoms with Crippen LogP contribution in [0.2, 0.25) is 0 Å². The number of amides is 1. The van der Waals surface area contributed by atoms with Gasteiger partial charge in [0.05, 0.1) is 5.56 Å². The summed E-state index contributed by atoms with van der Waals surface area (Å²) in [6.45, 7) is 1.76. The maximum atomic E-state index is 12.5. The molecule has 1 atom stereocenters. The van der Waals surface area contributed by atoms with Crippen LogP contribution in [0.3, 0.4) is 0 Å². The highest BCUT2D eigenvalue weighted by molar-refractivity contribution is 5.92. The first-order chi connectivity index (χ1) is 9.89. The van der Waals surface area contributed by atoms with Crippen molar-refractivity contribution < 1.29 is 18.0 Å². The van der Waals surface area contributed by atoms with E-state index in [-0.39, 0.29) is 42.5 Å². The molecule has 1 aliphatic rings. The lowest BCUT2D eigenvalue weighted by molar-refractivity contribution is -0.137. The predicted molar refractivity (Wildman–Crippen MR) is 86.3 cm³/mol. The van der Waals surface area contributed by atoms with Crippen LogP contribution in [0.15, 0.2) is 18.3 Å². The molecule has 0 bridgehead atoms. The molecule has 0 aromatic carbocycles. The van der Waals surface area contributed by atoms with Crippen molar-refractivity contribution in [3.05, 3.63) is 29.6 Å². The number of halogens is 5. The van der Waals surface area contributed by atoms with Gasteiger partial charge >= 0.3 is 6.18 Å². The molecule has 1 amide bonds. The van der Waals surface area contributed by atoms with E-state index in [0.717, 1.165) is 44.5 Å². The second kappa shape index (κ2) is 9.30. The minimum atomic E-state index is -4.44. The van der Waals surface area contributed by atoms with Crippen LogP contribution in [0, 0.1) is 0 Å². The molecule has 1 fully saturated rings. The minimum Gasteiger partial charge on any atom is -0.337 e.